The highest BCUT2D eigenvalue weighted by molar-refractivity contribution is 5.95. The highest BCUT2D eigenvalue weighted by atomic mass is 16.5. The molecule has 1 amide bonds. The molecule has 2 aromatic carbocycles. The topological polar surface area (TPSA) is 63.6 Å². The summed E-state index contributed by atoms with van der Waals surface area (Å²) in [6.45, 7) is 0. The number of hydrogen-bond donors (Lipinski definition) is 1. The Hall–Kier alpha value is -3.21. The number of fused-ring (bicyclic) bond motifs is 1. The van der Waals surface area contributed by atoms with Crippen LogP contribution in [0.3, 0.4) is 0 Å². The van der Waals surface area contributed by atoms with E-state index in [2.05, 4.69) is 15.5 Å². The summed E-state index contributed by atoms with van der Waals surface area (Å²) < 4.78 is 5.09. The van der Waals surface area contributed by atoms with E-state index in [0.29, 0.717) is 17.0 Å². The Bertz CT molecular complexity index is 875. The van der Waals surface area contributed by atoms with E-state index in [1.165, 1.54) is 6.21 Å². The van der Waals surface area contributed by atoms with E-state index >= 15 is 0 Å². The lowest BCUT2D eigenvalue weighted by Crippen LogP contribution is -2.17. The van der Waals surface area contributed by atoms with Crippen molar-refractivity contribution in [1.82, 2.24) is 10.4 Å². The van der Waals surface area contributed by atoms with Crippen molar-refractivity contribution in [2.24, 2.45) is 5.10 Å². The molecule has 114 valence electrons. The molecule has 0 aliphatic carbocycles. The van der Waals surface area contributed by atoms with Crippen molar-refractivity contribution in [1.29, 1.82) is 0 Å². The lowest BCUT2D eigenvalue weighted by Gasteiger charge is -2.03. The Labute approximate surface area is 133 Å². The summed E-state index contributed by atoms with van der Waals surface area (Å²) in [5.74, 6) is 0.318. The number of nitrogens with one attached hydrogen (secondary N) is 1. The minimum absolute atomic E-state index is 0.305. The molecule has 3 aromatic rings. The molecule has 5 heteroatoms. The van der Waals surface area contributed by atoms with Crippen LogP contribution in [-0.4, -0.2) is 24.2 Å². The standard InChI is InChI=1S/C18H15N3O2/c1-23-16-7-4-6-14(11-16)18(22)21-19-12-15-10-9-13-5-2-3-8-17(13)20-15/h2-12H,1H3,(H,21,22)/b19-12+. The minimum atomic E-state index is -0.305. The maximum atomic E-state index is 12.0. The van der Waals surface area contributed by atoms with E-state index in [0.717, 1.165) is 10.9 Å². The summed E-state index contributed by atoms with van der Waals surface area (Å²) in [5.41, 5.74) is 4.52. The summed E-state index contributed by atoms with van der Waals surface area (Å²) >= 11 is 0. The normalized spacial score (nSPS) is 10.8. The number of nitrogens with zero attached hydrogens (tertiary/aromatic N) is 2. The van der Waals surface area contributed by atoms with Crippen molar-refractivity contribution in [2.75, 3.05) is 7.11 Å². The van der Waals surface area contributed by atoms with Gasteiger partial charge in [0.2, 0.25) is 0 Å². The minimum Gasteiger partial charge on any atom is -0.497 e. The summed E-state index contributed by atoms with van der Waals surface area (Å²) in [5, 5.41) is 5.01. The number of para-hydroxylation sites is 1. The van der Waals surface area contributed by atoms with Crippen molar-refractivity contribution in [3.8, 4) is 5.75 Å². The lowest BCUT2D eigenvalue weighted by atomic mass is 10.2. The van der Waals surface area contributed by atoms with Crippen molar-refractivity contribution in [2.45, 2.75) is 0 Å². The van der Waals surface area contributed by atoms with Crippen LogP contribution in [0.1, 0.15) is 16.1 Å². The van der Waals surface area contributed by atoms with Gasteiger partial charge in [-0.15, -0.1) is 0 Å². The molecule has 0 aliphatic rings. The molecule has 0 atom stereocenters. The molecule has 23 heavy (non-hydrogen) atoms. The average Bonchev–Trinajstić information content (AvgIpc) is 2.61. The van der Waals surface area contributed by atoms with Crippen LogP contribution in [0.15, 0.2) is 65.8 Å². The number of benzene rings is 2. The number of pyridine rings is 1. The monoisotopic (exact) mass is 305 g/mol. The van der Waals surface area contributed by atoms with Crippen LogP contribution in [0.2, 0.25) is 0 Å². The third-order valence-electron chi connectivity index (χ3n) is 3.31. The van der Waals surface area contributed by atoms with E-state index in [-0.39, 0.29) is 5.91 Å². The fourth-order valence-electron chi connectivity index (χ4n) is 2.14. The maximum Gasteiger partial charge on any atom is 0.271 e. The van der Waals surface area contributed by atoms with Gasteiger partial charge < -0.3 is 4.74 Å². The second kappa shape index (κ2) is 6.70. The predicted octanol–water partition coefficient (Wildman–Crippen LogP) is 3.01. The third kappa shape index (κ3) is 3.52. The molecule has 1 aromatic heterocycles. The van der Waals surface area contributed by atoms with Crippen molar-refractivity contribution in [3.63, 3.8) is 0 Å². The van der Waals surface area contributed by atoms with Crippen LogP contribution in [-0.2, 0) is 0 Å². The predicted molar refractivity (Wildman–Crippen MR) is 89.8 cm³/mol. The van der Waals surface area contributed by atoms with Gasteiger partial charge >= 0.3 is 0 Å². The molecule has 0 fully saturated rings. The second-order valence-corrected chi connectivity index (χ2v) is 4.86. The van der Waals surface area contributed by atoms with Gasteiger partial charge in [0.25, 0.3) is 5.91 Å². The smallest absolute Gasteiger partial charge is 0.271 e. The Kier molecular flexibility index (Phi) is 4.29. The number of hydrogen-bond acceptors (Lipinski definition) is 4. The van der Waals surface area contributed by atoms with Crippen LogP contribution < -0.4 is 10.2 Å². The molecule has 0 saturated carbocycles. The number of aromatic nitrogens is 1. The van der Waals surface area contributed by atoms with Gasteiger partial charge in [0.05, 0.1) is 24.5 Å². The molecule has 0 bridgehead atoms. The van der Waals surface area contributed by atoms with Crippen molar-refractivity contribution >= 4 is 23.0 Å². The molecule has 3 rings (SSSR count). The average molecular weight is 305 g/mol. The second-order valence-electron chi connectivity index (χ2n) is 4.86. The quantitative estimate of drug-likeness (QED) is 0.595. The Balaban J connectivity index is 1.70. The van der Waals surface area contributed by atoms with E-state index in [9.17, 15) is 4.79 Å². The van der Waals surface area contributed by atoms with Crippen LogP contribution in [0.25, 0.3) is 10.9 Å². The Morgan fingerprint density at radius 3 is 2.87 bits per heavy atom. The van der Waals surface area contributed by atoms with Gasteiger partial charge in [-0.1, -0.05) is 30.3 Å². The van der Waals surface area contributed by atoms with Crippen molar-refractivity contribution < 1.29 is 9.53 Å². The zero-order chi connectivity index (χ0) is 16.1. The number of ether oxygens (including phenoxy) is 1. The molecular formula is C18H15N3O2. The van der Waals surface area contributed by atoms with Gasteiger partial charge in [-0.25, -0.2) is 10.4 Å². The van der Waals surface area contributed by atoms with Crippen molar-refractivity contribution in [3.05, 3.63) is 71.9 Å². The summed E-state index contributed by atoms with van der Waals surface area (Å²) in [6, 6.07) is 18.5. The van der Waals surface area contributed by atoms with Gasteiger partial charge in [-0.05, 0) is 30.3 Å². The van der Waals surface area contributed by atoms with E-state index in [4.69, 9.17) is 4.74 Å². The van der Waals surface area contributed by atoms with Crippen LogP contribution in [0.5, 0.6) is 5.75 Å². The molecule has 5 nitrogen and oxygen atoms in total. The van der Waals surface area contributed by atoms with Gasteiger partial charge in [0.15, 0.2) is 0 Å². The van der Waals surface area contributed by atoms with Gasteiger partial charge in [0, 0.05) is 10.9 Å². The maximum absolute atomic E-state index is 12.0. The molecule has 1 N–H and O–H groups in total. The van der Waals surface area contributed by atoms with Crippen LogP contribution >= 0.6 is 0 Å². The summed E-state index contributed by atoms with van der Waals surface area (Å²) in [7, 11) is 1.56. The highest BCUT2D eigenvalue weighted by Crippen LogP contribution is 2.12. The molecule has 0 radical (unpaired) electrons. The first kappa shape index (κ1) is 14.7. The zero-order valence-electron chi connectivity index (χ0n) is 12.6. The first-order valence-corrected chi connectivity index (χ1v) is 7.09. The molecule has 0 unspecified atom stereocenters. The first-order valence-electron chi connectivity index (χ1n) is 7.09. The van der Waals surface area contributed by atoms with Gasteiger partial charge in [-0.3, -0.25) is 4.79 Å². The lowest BCUT2D eigenvalue weighted by molar-refractivity contribution is 0.0955. The molecule has 1 heterocycles. The highest BCUT2D eigenvalue weighted by Gasteiger charge is 2.05. The van der Waals surface area contributed by atoms with Gasteiger partial charge in [0.1, 0.15) is 5.75 Å². The van der Waals surface area contributed by atoms with Crippen LogP contribution in [0.4, 0.5) is 0 Å². The molecule has 0 aliphatic heterocycles. The number of methoxy groups -OCH3 is 1. The number of rotatable bonds is 4. The number of carbonyl (C=O) groups excluding carboxylic acids is 1. The SMILES string of the molecule is COc1cccc(C(=O)N/N=C/c2ccc3ccccc3n2)c1. The molecular weight excluding hydrogens is 290 g/mol. The Morgan fingerprint density at radius 2 is 2.00 bits per heavy atom. The van der Waals surface area contributed by atoms with E-state index < -0.39 is 0 Å². The summed E-state index contributed by atoms with van der Waals surface area (Å²) in [6.07, 6.45) is 1.52. The largest absolute Gasteiger partial charge is 0.497 e. The summed E-state index contributed by atoms with van der Waals surface area (Å²) in [4.78, 5) is 16.5. The number of carbonyl (C=O) groups is 1. The van der Waals surface area contributed by atoms with Crippen LogP contribution in [0, 0.1) is 0 Å². The van der Waals surface area contributed by atoms with E-state index in [1.54, 1.807) is 31.4 Å². The zero-order valence-corrected chi connectivity index (χ0v) is 12.6. The molecule has 0 spiro atoms. The Morgan fingerprint density at radius 1 is 1.13 bits per heavy atom. The van der Waals surface area contributed by atoms with E-state index in [1.807, 2.05) is 36.4 Å². The fraction of sp³-hybridized carbons (Fsp3) is 0.0556. The fourth-order valence-corrected chi connectivity index (χ4v) is 2.14. The molecule has 0 saturated heterocycles. The van der Waals surface area contributed by atoms with Gasteiger partial charge in [-0.2, -0.15) is 5.10 Å². The number of amides is 1. The third-order valence-corrected chi connectivity index (χ3v) is 3.31. The first-order chi connectivity index (χ1) is 11.3. The number of hydrazone groups is 1.